The van der Waals surface area contributed by atoms with Crippen LogP contribution in [-0.4, -0.2) is 74.9 Å². The number of quaternary nitrogens is 1. The molecule has 0 radical (unpaired) electrons. The lowest BCUT2D eigenvalue weighted by Gasteiger charge is -2.24. The predicted molar refractivity (Wildman–Crippen MR) is 404 cm³/mol. The molecule has 2 atom stereocenters. The summed E-state index contributed by atoms with van der Waals surface area (Å²) >= 11 is 0. The molecule has 0 rings (SSSR count). The van der Waals surface area contributed by atoms with Crippen molar-refractivity contribution in [3.63, 3.8) is 0 Å². The number of ether oxygens (including phenoxy) is 2. The zero-order valence-corrected chi connectivity index (χ0v) is 62.6. The smallest absolute Gasteiger partial charge is 0.462 e. The lowest BCUT2D eigenvalue weighted by atomic mass is 10.0. The minimum atomic E-state index is -4.40. The summed E-state index contributed by atoms with van der Waals surface area (Å²) in [5, 5.41) is 0. The Labute approximate surface area is 576 Å². The molecule has 0 amide bonds. The monoisotopic (exact) mass is 1320 g/mol. The van der Waals surface area contributed by atoms with E-state index in [4.69, 9.17) is 18.5 Å². The molecule has 0 bridgehead atoms. The van der Waals surface area contributed by atoms with E-state index in [1.54, 1.807) is 0 Å². The van der Waals surface area contributed by atoms with Crippen LogP contribution in [-0.2, 0) is 32.7 Å². The van der Waals surface area contributed by atoms with Crippen molar-refractivity contribution in [1.82, 2.24) is 0 Å². The predicted octanol–water partition coefficient (Wildman–Crippen LogP) is 26.2. The van der Waals surface area contributed by atoms with Gasteiger partial charge in [0.15, 0.2) is 6.10 Å². The van der Waals surface area contributed by atoms with E-state index in [0.717, 1.165) is 89.9 Å². The highest BCUT2D eigenvalue weighted by Gasteiger charge is 2.27. The molecule has 0 aliphatic heterocycles. The number of carbonyl (C=O) groups excluding carboxylic acids is 2. The average molecular weight is 1320 g/mol. The molecule has 0 spiro atoms. The molecule has 9 nitrogen and oxygen atoms in total. The van der Waals surface area contributed by atoms with Crippen molar-refractivity contribution < 1.29 is 42.1 Å². The molecule has 0 aliphatic carbocycles. The fourth-order valence-corrected chi connectivity index (χ4v) is 12.1. The van der Waals surface area contributed by atoms with Crippen LogP contribution in [0.4, 0.5) is 0 Å². The Morgan fingerprint density at radius 3 is 0.914 bits per heavy atom. The van der Waals surface area contributed by atoms with Crippen molar-refractivity contribution in [1.29, 1.82) is 0 Å². The molecule has 0 aliphatic rings. The Kier molecular flexibility index (Phi) is 70.8. The van der Waals surface area contributed by atoms with Crippen LogP contribution in [0.5, 0.6) is 0 Å². The van der Waals surface area contributed by atoms with E-state index in [-0.39, 0.29) is 25.6 Å². The Hall–Kier alpha value is -3.07. The summed E-state index contributed by atoms with van der Waals surface area (Å²) < 4.78 is 34.8. The molecule has 0 saturated heterocycles. The van der Waals surface area contributed by atoms with Crippen molar-refractivity contribution in [3.8, 4) is 0 Å². The standard InChI is InChI=1S/C83H150NO8P/c1-6-8-10-12-14-16-18-20-22-24-26-28-30-32-34-36-38-40-41-42-43-44-46-48-50-52-54-56-58-60-62-64-66-68-70-72-74-76-83(86)92-81(80-91-93(87,88)90-78-77-84(3,4)5)79-89-82(85)75-73-71-69-67-65-63-61-59-57-55-53-51-49-47-45-39-37-35-33-31-29-27-25-23-21-19-17-15-13-11-9-7-2/h8,10,14,16,20,22,26,28,32,34,38,40,42-43,46,48,81H,6-7,9,11-13,15,17-19,21,23-25,27,29-31,33,35-37,39,41,44-45,47,49-80H2,1-5H3/p+1/b10-8-,16-14-,22-20-,28-26-,34-32-,40-38-,43-42-,48-46-. The van der Waals surface area contributed by atoms with E-state index >= 15 is 0 Å². The summed E-state index contributed by atoms with van der Waals surface area (Å²) in [4.78, 5) is 36.0. The lowest BCUT2D eigenvalue weighted by Crippen LogP contribution is -2.37. The second-order valence-corrected chi connectivity index (χ2v) is 29.2. The fourth-order valence-electron chi connectivity index (χ4n) is 11.4. The minimum Gasteiger partial charge on any atom is -0.462 e. The molecular weight excluding hydrogens is 1170 g/mol. The van der Waals surface area contributed by atoms with Gasteiger partial charge in [0.25, 0.3) is 0 Å². The quantitative estimate of drug-likeness (QED) is 0.0211. The molecule has 10 heteroatoms. The molecular formula is C83H151NO8P+. The number of carbonyl (C=O) groups is 2. The van der Waals surface area contributed by atoms with Gasteiger partial charge in [-0.1, -0.05) is 374 Å². The van der Waals surface area contributed by atoms with E-state index in [1.165, 1.54) is 244 Å². The normalized spacial score (nSPS) is 13.6. The second-order valence-electron chi connectivity index (χ2n) is 27.7. The molecule has 0 fully saturated rings. The Morgan fingerprint density at radius 2 is 0.613 bits per heavy atom. The van der Waals surface area contributed by atoms with Gasteiger partial charge in [-0.2, -0.15) is 0 Å². The molecule has 0 saturated carbocycles. The SMILES string of the molecule is CC/C=C\C/C=C\C/C=C\C/C=C\C/C=C\C/C=C\C/C=C\C/C=C\CCCCCCCCCCCCCCC(=O)OC(COC(=O)CCCCCCCCCCCCCCCCCCCCCCCCCCCCCCCCCC)COP(=O)(O)OCC[N+](C)(C)C. The first-order chi connectivity index (χ1) is 45.5. The molecule has 0 aromatic carbocycles. The summed E-state index contributed by atoms with van der Waals surface area (Å²) in [7, 11) is 1.48. The van der Waals surface area contributed by atoms with Gasteiger partial charge in [-0.05, 0) is 77.0 Å². The first kappa shape index (κ1) is 89.9. The molecule has 0 heterocycles. The zero-order chi connectivity index (χ0) is 67.6. The van der Waals surface area contributed by atoms with E-state index in [9.17, 15) is 19.0 Å². The molecule has 1 N–H and O–H groups in total. The Bertz CT molecular complexity index is 1890. The van der Waals surface area contributed by atoms with Crippen LogP contribution in [0.25, 0.3) is 0 Å². The average Bonchev–Trinajstić information content (AvgIpc) is 2.27. The molecule has 93 heavy (non-hydrogen) atoms. The van der Waals surface area contributed by atoms with Crippen molar-refractivity contribution in [2.24, 2.45) is 0 Å². The maximum absolute atomic E-state index is 12.9. The van der Waals surface area contributed by atoms with Crippen molar-refractivity contribution in [2.75, 3.05) is 47.5 Å². The van der Waals surface area contributed by atoms with Gasteiger partial charge in [0.2, 0.25) is 0 Å². The fraction of sp³-hybridized carbons (Fsp3) is 0.783. The molecule has 2 unspecified atom stereocenters. The number of rotatable bonds is 73. The highest BCUT2D eigenvalue weighted by molar-refractivity contribution is 7.47. The summed E-state index contributed by atoms with van der Waals surface area (Å²) in [6.45, 7) is 4.37. The van der Waals surface area contributed by atoms with Crippen molar-refractivity contribution in [2.45, 2.75) is 373 Å². The number of esters is 2. The third-order valence-corrected chi connectivity index (χ3v) is 18.4. The van der Waals surface area contributed by atoms with Crippen LogP contribution in [0.2, 0.25) is 0 Å². The van der Waals surface area contributed by atoms with E-state index in [0.29, 0.717) is 23.9 Å². The van der Waals surface area contributed by atoms with Crippen LogP contribution < -0.4 is 0 Å². The van der Waals surface area contributed by atoms with Gasteiger partial charge in [-0.15, -0.1) is 0 Å². The van der Waals surface area contributed by atoms with Gasteiger partial charge in [0.05, 0.1) is 27.7 Å². The number of phosphoric ester groups is 1. The first-order valence-electron chi connectivity index (χ1n) is 39.5. The van der Waals surface area contributed by atoms with Gasteiger partial charge in [-0.3, -0.25) is 18.6 Å². The molecule has 540 valence electrons. The maximum Gasteiger partial charge on any atom is 0.472 e. The van der Waals surface area contributed by atoms with Gasteiger partial charge in [0.1, 0.15) is 19.8 Å². The van der Waals surface area contributed by atoms with Crippen molar-refractivity contribution >= 4 is 19.8 Å². The van der Waals surface area contributed by atoms with E-state index in [1.807, 2.05) is 21.1 Å². The Morgan fingerprint density at radius 1 is 0.344 bits per heavy atom. The number of likely N-dealkylation sites (N-methyl/N-ethyl adjacent to an activating group) is 1. The van der Waals surface area contributed by atoms with Crippen LogP contribution >= 0.6 is 7.82 Å². The largest absolute Gasteiger partial charge is 0.472 e. The number of hydrogen-bond donors (Lipinski definition) is 1. The van der Waals surface area contributed by atoms with Gasteiger partial charge in [-0.25, -0.2) is 4.57 Å². The lowest BCUT2D eigenvalue weighted by molar-refractivity contribution is -0.870. The van der Waals surface area contributed by atoms with Gasteiger partial charge >= 0.3 is 19.8 Å². The van der Waals surface area contributed by atoms with Crippen LogP contribution in [0.15, 0.2) is 97.2 Å². The van der Waals surface area contributed by atoms with Crippen molar-refractivity contribution in [3.05, 3.63) is 97.2 Å². The van der Waals surface area contributed by atoms with Gasteiger partial charge < -0.3 is 18.9 Å². The summed E-state index contributed by atoms with van der Waals surface area (Å²) in [6, 6.07) is 0. The highest BCUT2D eigenvalue weighted by Crippen LogP contribution is 2.43. The minimum absolute atomic E-state index is 0.0300. The second kappa shape index (κ2) is 73.2. The highest BCUT2D eigenvalue weighted by atomic mass is 31.2. The maximum atomic E-state index is 12.9. The zero-order valence-electron chi connectivity index (χ0n) is 61.7. The summed E-state index contributed by atoms with van der Waals surface area (Å²) in [6.07, 6.45) is 103. The number of phosphoric acid groups is 1. The third kappa shape index (κ3) is 77.8. The first-order valence-corrected chi connectivity index (χ1v) is 41.0. The number of unbranched alkanes of at least 4 members (excludes halogenated alkanes) is 43. The summed E-state index contributed by atoms with van der Waals surface area (Å²) in [5.74, 6) is -0.786. The summed E-state index contributed by atoms with van der Waals surface area (Å²) in [5.41, 5.74) is 0. The van der Waals surface area contributed by atoms with Crippen LogP contribution in [0.3, 0.4) is 0 Å². The van der Waals surface area contributed by atoms with Crippen LogP contribution in [0.1, 0.15) is 367 Å². The molecule has 0 aromatic rings. The van der Waals surface area contributed by atoms with E-state index in [2.05, 4.69) is 111 Å². The van der Waals surface area contributed by atoms with Crippen LogP contribution in [0, 0.1) is 0 Å². The number of allylic oxidation sites excluding steroid dienone is 16. The number of hydrogen-bond acceptors (Lipinski definition) is 7. The third-order valence-electron chi connectivity index (χ3n) is 17.4. The topological polar surface area (TPSA) is 108 Å². The van der Waals surface area contributed by atoms with Gasteiger partial charge in [0, 0.05) is 12.8 Å². The van der Waals surface area contributed by atoms with E-state index < -0.39 is 26.5 Å². The Balaban J connectivity index is 3.99. The molecule has 0 aromatic heterocycles. The number of nitrogens with zero attached hydrogens (tertiary/aromatic N) is 1.